The predicted molar refractivity (Wildman–Crippen MR) is 101 cm³/mol. The van der Waals surface area contributed by atoms with E-state index in [2.05, 4.69) is 20.3 Å². The molecule has 1 aromatic carbocycles. The van der Waals surface area contributed by atoms with E-state index in [0.29, 0.717) is 11.4 Å². The van der Waals surface area contributed by atoms with Gasteiger partial charge in [0.25, 0.3) is 5.91 Å². The number of pyridine rings is 1. The number of aryl methyl sites for hydroxylation is 1. The van der Waals surface area contributed by atoms with E-state index >= 15 is 0 Å². The van der Waals surface area contributed by atoms with Crippen molar-refractivity contribution in [3.63, 3.8) is 0 Å². The Balaban J connectivity index is 1.44. The Morgan fingerprint density at radius 1 is 1.22 bits per heavy atom. The fraction of sp³-hybridized carbons (Fsp3) is 0.250. The summed E-state index contributed by atoms with van der Waals surface area (Å²) in [5, 5.41) is 7.46. The number of benzene rings is 1. The monoisotopic (exact) mass is 365 g/mol. The van der Waals surface area contributed by atoms with Crippen molar-refractivity contribution < 1.29 is 9.18 Å². The molecule has 1 unspecified atom stereocenters. The van der Waals surface area contributed by atoms with Crippen LogP contribution in [0.25, 0.3) is 11.3 Å². The minimum Gasteiger partial charge on any atom is -0.354 e. The lowest BCUT2D eigenvalue weighted by atomic mass is 10.1. The van der Waals surface area contributed by atoms with Crippen LogP contribution in [0, 0.1) is 5.82 Å². The molecular weight excluding hydrogens is 345 g/mol. The molecule has 27 heavy (non-hydrogen) atoms. The summed E-state index contributed by atoms with van der Waals surface area (Å²) in [5.41, 5.74) is 1.89. The zero-order valence-electron chi connectivity index (χ0n) is 15.0. The summed E-state index contributed by atoms with van der Waals surface area (Å²) < 4.78 is 14.7. The van der Waals surface area contributed by atoms with Gasteiger partial charge in [-0.15, -0.1) is 0 Å². The summed E-state index contributed by atoms with van der Waals surface area (Å²) in [6.45, 7) is 1.58. The Morgan fingerprint density at radius 3 is 2.78 bits per heavy atom. The van der Waals surface area contributed by atoms with Gasteiger partial charge in [-0.25, -0.2) is 9.37 Å². The number of nitrogens with zero attached hydrogens (tertiary/aromatic N) is 4. The molecule has 1 aliphatic heterocycles. The van der Waals surface area contributed by atoms with Crippen molar-refractivity contribution >= 4 is 11.7 Å². The highest BCUT2D eigenvalue weighted by atomic mass is 19.1. The Kier molecular flexibility index (Phi) is 4.58. The molecule has 2 aromatic heterocycles. The van der Waals surface area contributed by atoms with Gasteiger partial charge in [0.05, 0.1) is 5.69 Å². The molecule has 1 fully saturated rings. The van der Waals surface area contributed by atoms with E-state index in [4.69, 9.17) is 0 Å². The van der Waals surface area contributed by atoms with Crippen molar-refractivity contribution in [3.8, 4) is 11.3 Å². The van der Waals surface area contributed by atoms with Crippen LogP contribution in [0.1, 0.15) is 16.9 Å². The maximum atomic E-state index is 13.1. The quantitative estimate of drug-likeness (QED) is 0.772. The van der Waals surface area contributed by atoms with Crippen molar-refractivity contribution in [1.82, 2.24) is 20.1 Å². The van der Waals surface area contributed by atoms with Crippen LogP contribution >= 0.6 is 0 Å². The summed E-state index contributed by atoms with van der Waals surface area (Å²) in [5.74, 6) is 0.464. The third-order valence-corrected chi connectivity index (χ3v) is 4.75. The molecule has 6 nitrogen and oxygen atoms in total. The molecule has 1 aliphatic rings. The lowest BCUT2D eigenvalue weighted by molar-refractivity contribution is 0.0931. The molecule has 1 atom stereocenters. The van der Waals surface area contributed by atoms with Crippen LogP contribution < -0.4 is 10.2 Å². The standard InChI is InChI=1S/C20H20FN5O/c1-25-18(12-17(24-25)14-5-7-15(21)8-6-14)20(27)23-16-9-11-26(13-16)19-4-2-3-10-22-19/h2-8,10,12,16H,9,11,13H2,1H3,(H,23,27). The minimum atomic E-state index is -0.300. The van der Waals surface area contributed by atoms with E-state index in [0.717, 1.165) is 30.9 Å². The van der Waals surface area contributed by atoms with E-state index in [9.17, 15) is 9.18 Å². The van der Waals surface area contributed by atoms with Crippen molar-refractivity contribution in [1.29, 1.82) is 0 Å². The Labute approximate surface area is 156 Å². The maximum absolute atomic E-state index is 13.1. The highest BCUT2D eigenvalue weighted by molar-refractivity contribution is 5.94. The molecule has 1 saturated heterocycles. The third-order valence-electron chi connectivity index (χ3n) is 4.75. The van der Waals surface area contributed by atoms with Crippen LogP contribution in [0.5, 0.6) is 0 Å². The average Bonchev–Trinajstić information content (AvgIpc) is 3.30. The second-order valence-corrected chi connectivity index (χ2v) is 6.64. The van der Waals surface area contributed by atoms with E-state index in [1.54, 1.807) is 36.1 Å². The number of halogens is 1. The Hall–Kier alpha value is -3.22. The molecule has 1 N–H and O–H groups in total. The zero-order chi connectivity index (χ0) is 18.8. The second-order valence-electron chi connectivity index (χ2n) is 6.64. The second kappa shape index (κ2) is 7.19. The number of hydrogen-bond acceptors (Lipinski definition) is 4. The number of hydrogen-bond donors (Lipinski definition) is 1. The molecule has 0 saturated carbocycles. The van der Waals surface area contributed by atoms with Gasteiger partial charge in [-0.3, -0.25) is 9.48 Å². The van der Waals surface area contributed by atoms with Crippen LogP contribution in [0.15, 0.2) is 54.7 Å². The van der Waals surface area contributed by atoms with Gasteiger partial charge in [0.15, 0.2) is 0 Å². The molecule has 1 amide bonds. The Morgan fingerprint density at radius 2 is 2.04 bits per heavy atom. The molecule has 0 radical (unpaired) electrons. The number of carbonyl (C=O) groups is 1. The van der Waals surface area contributed by atoms with Crippen LogP contribution in [0.3, 0.4) is 0 Å². The lowest BCUT2D eigenvalue weighted by Gasteiger charge is -2.17. The molecular formula is C20H20FN5O. The van der Waals surface area contributed by atoms with Crippen LogP contribution in [-0.4, -0.2) is 39.8 Å². The number of rotatable bonds is 4. The highest BCUT2D eigenvalue weighted by Gasteiger charge is 2.26. The van der Waals surface area contributed by atoms with Gasteiger partial charge in [0, 0.05) is 37.9 Å². The first-order valence-electron chi connectivity index (χ1n) is 8.87. The fourth-order valence-corrected chi connectivity index (χ4v) is 3.33. The smallest absolute Gasteiger partial charge is 0.269 e. The zero-order valence-corrected chi connectivity index (χ0v) is 15.0. The maximum Gasteiger partial charge on any atom is 0.269 e. The average molecular weight is 365 g/mol. The summed E-state index contributed by atoms with van der Waals surface area (Å²) in [6, 6.07) is 13.7. The summed E-state index contributed by atoms with van der Waals surface area (Å²) in [7, 11) is 1.73. The molecule has 3 aromatic rings. The number of anilines is 1. The van der Waals surface area contributed by atoms with Crippen molar-refractivity contribution in [3.05, 3.63) is 66.2 Å². The Bertz CT molecular complexity index is 939. The van der Waals surface area contributed by atoms with Gasteiger partial charge in [-0.05, 0) is 48.9 Å². The van der Waals surface area contributed by atoms with E-state index in [1.807, 2.05) is 18.2 Å². The van der Waals surface area contributed by atoms with Crippen LogP contribution in [0.2, 0.25) is 0 Å². The predicted octanol–water partition coefficient (Wildman–Crippen LogP) is 2.63. The van der Waals surface area contributed by atoms with Gasteiger partial charge in [0.2, 0.25) is 0 Å². The van der Waals surface area contributed by atoms with Crippen molar-refractivity contribution in [2.75, 3.05) is 18.0 Å². The molecule has 4 rings (SSSR count). The first kappa shape index (κ1) is 17.2. The molecule has 3 heterocycles. The fourth-order valence-electron chi connectivity index (χ4n) is 3.33. The van der Waals surface area contributed by atoms with Gasteiger partial charge in [-0.2, -0.15) is 5.10 Å². The van der Waals surface area contributed by atoms with Gasteiger partial charge in [0.1, 0.15) is 17.3 Å². The molecule has 0 spiro atoms. The third kappa shape index (κ3) is 3.67. The van der Waals surface area contributed by atoms with Gasteiger partial charge in [-0.1, -0.05) is 6.07 Å². The van der Waals surface area contributed by atoms with E-state index < -0.39 is 0 Å². The minimum absolute atomic E-state index is 0.0590. The normalized spacial score (nSPS) is 16.5. The first-order chi connectivity index (χ1) is 13.1. The number of amides is 1. The van der Waals surface area contributed by atoms with Crippen LogP contribution in [-0.2, 0) is 7.05 Å². The van der Waals surface area contributed by atoms with Crippen molar-refractivity contribution in [2.24, 2.45) is 7.05 Å². The van der Waals surface area contributed by atoms with Gasteiger partial charge < -0.3 is 10.2 Å². The van der Waals surface area contributed by atoms with Crippen molar-refractivity contribution in [2.45, 2.75) is 12.5 Å². The molecule has 0 aliphatic carbocycles. The summed E-state index contributed by atoms with van der Waals surface area (Å²) in [4.78, 5) is 19.2. The van der Waals surface area contributed by atoms with E-state index in [1.165, 1.54) is 12.1 Å². The largest absolute Gasteiger partial charge is 0.354 e. The highest BCUT2D eigenvalue weighted by Crippen LogP contribution is 2.20. The van der Waals surface area contributed by atoms with Crippen LogP contribution in [0.4, 0.5) is 10.2 Å². The molecule has 0 bridgehead atoms. The number of carbonyl (C=O) groups excluding carboxylic acids is 1. The topological polar surface area (TPSA) is 63.1 Å². The summed E-state index contributed by atoms with van der Waals surface area (Å²) >= 11 is 0. The van der Waals surface area contributed by atoms with E-state index in [-0.39, 0.29) is 17.8 Å². The first-order valence-corrected chi connectivity index (χ1v) is 8.87. The number of aromatic nitrogens is 3. The SMILES string of the molecule is Cn1nc(-c2ccc(F)cc2)cc1C(=O)NC1CCN(c2ccccn2)C1. The number of nitrogens with one attached hydrogen (secondary N) is 1. The lowest BCUT2D eigenvalue weighted by Crippen LogP contribution is -2.38. The molecule has 7 heteroatoms. The summed E-state index contributed by atoms with van der Waals surface area (Å²) in [6.07, 6.45) is 2.64. The molecule has 138 valence electrons. The van der Waals surface area contributed by atoms with Gasteiger partial charge >= 0.3 is 0 Å².